The van der Waals surface area contributed by atoms with Gasteiger partial charge in [0.15, 0.2) is 0 Å². The van der Waals surface area contributed by atoms with Gasteiger partial charge in [0.2, 0.25) is 5.91 Å². The first-order valence-corrected chi connectivity index (χ1v) is 15.1. The molecule has 1 rings (SSSR count). The van der Waals surface area contributed by atoms with Gasteiger partial charge >= 0.3 is 17.9 Å². The zero-order valence-electron chi connectivity index (χ0n) is 21.7. The second-order valence-electron chi connectivity index (χ2n) is 9.62. The van der Waals surface area contributed by atoms with E-state index in [1.165, 1.54) is 6.92 Å². The van der Waals surface area contributed by atoms with E-state index in [-0.39, 0.29) is 13.0 Å². The number of aliphatic hydroxyl groups excluding tert-OH is 1. The van der Waals surface area contributed by atoms with E-state index < -0.39 is 74.7 Å². The molecule has 6 atom stereocenters. The summed E-state index contributed by atoms with van der Waals surface area (Å²) in [4.78, 5) is 51.2. The highest BCUT2D eigenvalue weighted by atomic mass is 28.3. The number of nitrogens with one attached hydrogen (secondary N) is 1. The van der Waals surface area contributed by atoms with E-state index >= 15 is 0 Å². The normalized spacial score (nSPS) is 25.5. The molecule has 0 aromatic rings. The molecule has 2 N–H and O–H groups in total. The molecule has 15 heteroatoms. The van der Waals surface area contributed by atoms with Crippen molar-refractivity contribution in [2.75, 3.05) is 20.3 Å². The SMILES string of the molecule is COC(=O)[C@@]1(OCC[Si](C)(C)C)C[C@H](OC(C)=O)[C@@H](NC(C)=O)[C@H]([C@H](O)[C@@H](CN=[N+]=[N-])OC(C)=O)O1. The quantitative estimate of drug-likeness (QED) is 0.0915. The Labute approximate surface area is 210 Å². The summed E-state index contributed by atoms with van der Waals surface area (Å²) in [6, 6.07) is -0.549. The van der Waals surface area contributed by atoms with Gasteiger partial charge in [-0.25, -0.2) is 4.79 Å². The van der Waals surface area contributed by atoms with Crippen LogP contribution in [0.15, 0.2) is 5.11 Å². The molecule has 0 spiro atoms. The fourth-order valence-electron chi connectivity index (χ4n) is 3.68. The second-order valence-corrected chi connectivity index (χ2v) is 15.2. The van der Waals surface area contributed by atoms with Crippen LogP contribution in [0.5, 0.6) is 0 Å². The number of hydrogen-bond acceptors (Lipinski definition) is 11. The van der Waals surface area contributed by atoms with Crippen LogP contribution >= 0.6 is 0 Å². The Morgan fingerprint density at radius 1 is 1.22 bits per heavy atom. The number of azide groups is 1. The molecule has 1 saturated heterocycles. The molecule has 0 saturated carbocycles. The summed E-state index contributed by atoms with van der Waals surface area (Å²) in [5.41, 5.74) is 8.72. The molecule has 0 radical (unpaired) electrons. The highest BCUT2D eigenvalue weighted by Crippen LogP contribution is 2.36. The summed E-state index contributed by atoms with van der Waals surface area (Å²) in [5.74, 6) is -5.14. The van der Waals surface area contributed by atoms with Crippen LogP contribution in [-0.4, -0.2) is 93.5 Å². The fourth-order valence-corrected chi connectivity index (χ4v) is 4.40. The molecular weight excluding hydrogens is 496 g/mol. The van der Waals surface area contributed by atoms with E-state index in [2.05, 4.69) is 35.0 Å². The van der Waals surface area contributed by atoms with Gasteiger partial charge in [-0.05, 0) is 11.6 Å². The smallest absolute Gasteiger partial charge is 0.366 e. The minimum atomic E-state index is -2.12. The van der Waals surface area contributed by atoms with E-state index in [0.29, 0.717) is 6.04 Å². The number of ether oxygens (including phenoxy) is 5. The molecule has 0 unspecified atom stereocenters. The molecule has 0 bridgehead atoms. The van der Waals surface area contributed by atoms with E-state index in [0.717, 1.165) is 21.0 Å². The molecule has 204 valence electrons. The van der Waals surface area contributed by atoms with Crippen LogP contribution in [-0.2, 0) is 42.9 Å². The van der Waals surface area contributed by atoms with Crippen LogP contribution in [0.2, 0.25) is 25.7 Å². The minimum absolute atomic E-state index is 0.0946. The lowest BCUT2D eigenvalue weighted by molar-refractivity contribution is -0.311. The lowest BCUT2D eigenvalue weighted by Crippen LogP contribution is -2.68. The Hall–Kier alpha value is -2.71. The Morgan fingerprint density at radius 3 is 2.33 bits per heavy atom. The van der Waals surface area contributed by atoms with Crippen molar-refractivity contribution in [3.8, 4) is 0 Å². The summed E-state index contributed by atoms with van der Waals surface area (Å²) in [7, 11) is -0.501. The molecule has 1 aliphatic rings. The number of aliphatic hydroxyl groups is 1. The Balaban J connectivity index is 3.58. The van der Waals surface area contributed by atoms with Gasteiger partial charge < -0.3 is 34.1 Å². The number of nitrogens with zero attached hydrogens (tertiary/aromatic N) is 3. The number of hydrogen-bond donors (Lipinski definition) is 2. The van der Waals surface area contributed by atoms with E-state index in [4.69, 9.17) is 29.2 Å². The van der Waals surface area contributed by atoms with Crippen LogP contribution in [0, 0.1) is 0 Å². The second kappa shape index (κ2) is 13.6. The van der Waals surface area contributed by atoms with Gasteiger partial charge in [0.05, 0.1) is 26.1 Å². The van der Waals surface area contributed by atoms with Crippen LogP contribution in [0.25, 0.3) is 10.4 Å². The zero-order chi connectivity index (χ0) is 27.7. The first-order chi connectivity index (χ1) is 16.7. The summed E-state index contributed by atoms with van der Waals surface area (Å²) in [5, 5.41) is 17.1. The molecule has 1 heterocycles. The van der Waals surface area contributed by atoms with Crippen molar-refractivity contribution in [3.63, 3.8) is 0 Å². The molecule has 36 heavy (non-hydrogen) atoms. The average molecular weight is 533 g/mol. The third kappa shape index (κ3) is 9.39. The first kappa shape index (κ1) is 31.3. The lowest BCUT2D eigenvalue weighted by atomic mass is 9.88. The summed E-state index contributed by atoms with van der Waals surface area (Å²) in [6.07, 6.45) is -6.25. The first-order valence-electron chi connectivity index (χ1n) is 11.4. The maximum absolute atomic E-state index is 13.0. The topological polar surface area (TPSA) is 195 Å². The molecular formula is C21H36N4O10Si. The van der Waals surface area contributed by atoms with Crippen molar-refractivity contribution < 1.29 is 48.0 Å². The highest BCUT2D eigenvalue weighted by molar-refractivity contribution is 6.76. The van der Waals surface area contributed by atoms with E-state index in [1.807, 2.05) is 0 Å². The van der Waals surface area contributed by atoms with Crippen LogP contribution in [0.1, 0.15) is 27.2 Å². The van der Waals surface area contributed by atoms with Crippen LogP contribution in [0.3, 0.4) is 0 Å². The van der Waals surface area contributed by atoms with Crippen LogP contribution < -0.4 is 5.32 Å². The monoisotopic (exact) mass is 532 g/mol. The maximum Gasteiger partial charge on any atom is 0.366 e. The van der Waals surface area contributed by atoms with E-state index in [9.17, 15) is 24.3 Å². The largest absolute Gasteiger partial charge is 0.465 e. The van der Waals surface area contributed by atoms with Gasteiger partial charge in [0, 0.05) is 40.4 Å². The van der Waals surface area contributed by atoms with Gasteiger partial charge in [0.25, 0.3) is 5.79 Å². The fraction of sp³-hybridized carbons (Fsp3) is 0.810. The van der Waals surface area contributed by atoms with Gasteiger partial charge in [-0.15, -0.1) is 0 Å². The van der Waals surface area contributed by atoms with Gasteiger partial charge in [-0.2, -0.15) is 0 Å². The molecule has 0 aromatic carbocycles. The molecule has 14 nitrogen and oxygen atoms in total. The molecule has 1 aliphatic heterocycles. The predicted octanol–water partition coefficient (Wildman–Crippen LogP) is 1.04. The standard InChI is InChI=1S/C21H36N4O10Si/c1-12(26)24-17-15(33-13(2)27)10-21(20(30)31-4,32-8-9-36(5,6)7)35-19(17)18(29)16(11-23-25-22)34-14(3)28/h15-19,29H,8-11H2,1-7H3,(H,24,26)/t15-,16+,17+,18+,19+,21+/m0/s1. The number of rotatable bonds is 12. The van der Waals surface area contributed by atoms with Gasteiger partial charge in [-0.1, -0.05) is 24.8 Å². The Bertz CT molecular complexity index is 856. The Morgan fingerprint density at radius 2 is 1.86 bits per heavy atom. The number of methoxy groups -OCH3 is 1. The highest BCUT2D eigenvalue weighted by Gasteiger charge is 2.58. The number of carbonyl (C=O) groups is 4. The molecule has 1 amide bonds. The van der Waals surface area contributed by atoms with Crippen molar-refractivity contribution in [2.24, 2.45) is 5.11 Å². The summed E-state index contributed by atoms with van der Waals surface area (Å²) < 4.78 is 27.4. The number of carbonyl (C=O) groups excluding carboxylic acids is 4. The zero-order valence-corrected chi connectivity index (χ0v) is 22.7. The predicted molar refractivity (Wildman–Crippen MR) is 127 cm³/mol. The van der Waals surface area contributed by atoms with Gasteiger partial charge in [0.1, 0.15) is 24.4 Å². The summed E-state index contributed by atoms with van der Waals surface area (Å²) >= 11 is 0. The number of esters is 3. The molecule has 0 aromatic heterocycles. The van der Waals surface area contributed by atoms with Crippen molar-refractivity contribution in [1.29, 1.82) is 0 Å². The third-order valence-corrected chi connectivity index (χ3v) is 6.99. The van der Waals surface area contributed by atoms with Crippen LogP contribution in [0.4, 0.5) is 0 Å². The van der Waals surface area contributed by atoms with E-state index in [1.54, 1.807) is 0 Å². The van der Waals surface area contributed by atoms with Gasteiger partial charge in [-0.3, -0.25) is 14.4 Å². The van der Waals surface area contributed by atoms with Crippen molar-refractivity contribution in [1.82, 2.24) is 5.32 Å². The minimum Gasteiger partial charge on any atom is -0.465 e. The maximum atomic E-state index is 13.0. The average Bonchev–Trinajstić information content (AvgIpc) is 2.75. The molecule has 1 fully saturated rings. The molecule has 0 aliphatic carbocycles. The lowest BCUT2D eigenvalue weighted by Gasteiger charge is -2.48. The number of amides is 1. The van der Waals surface area contributed by atoms with Crippen molar-refractivity contribution in [2.45, 2.75) is 89.1 Å². The Kier molecular flexibility index (Phi) is 11.8. The van der Waals surface area contributed by atoms with Crippen molar-refractivity contribution >= 4 is 31.9 Å². The summed E-state index contributed by atoms with van der Waals surface area (Å²) in [6.45, 7) is 9.34. The third-order valence-electron chi connectivity index (χ3n) is 5.28. The van der Waals surface area contributed by atoms with Crippen molar-refractivity contribution in [3.05, 3.63) is 10.4 Å².